The van der Waals surface area contributed by atoms with Crippen LogP contribution < -0.4 is 15.4 Å². The van der Waals surface area contributed by atoms with Crippen LogP contribution in [0.2, 0.25) is 5.02 Å². The van der Waals surface area contributed by atoms with Crippen molar-refractivity contribution in [1.82, 2.24) is 20.6 Å². The molecule has 2 heterocycles. The lowest BCUT2D eigenvalue weighted by atomic mass is 9.90. The van der Waals surface area contributed by atoms with Gasteiger partial charge in [0.15, 0.2) is 5.60 Å². The summed E-state index contributed by atoms with van der Waals surface area (Å²) in [5.41, 5.74) is -0.0336. The minimum Gasteiger partial charge on any atom is -0.477 e. The van der Waals surface area contributed by atoms with Crippen LogP contribution in [0.15, 0.2) is 42.9 Å². The number of amides is 1. The zero-order chi connectivity index (χ0) is 18.4. The summed E-state index contributed by atoms with van der Waals surface area (Å²) in [6.45, 7) is 3.43. The van der Waals surface area contributed by atoms with Crippen molar-refractivity contribution in [3.05, 3.63) is 53.6 Å². The van der Waals surface area contributed by atoms with E-state index in [0.717, 1.165) is 18.8 Å². The molecule has 0 radical (unpaired) electrons. The Labute approximate surface area is 158 Å². The lowest BCUT2D eigenvalue weighted by Crippen LogP contribution is -2.58. The first kappa shape index (κ1) is 18.6. The van der Waals surface area contributed by atoms with Gasteiger partial charge in [-0.3, -0.25) is 14.8 Å². The Morgan fingerprint density at radius 3 is 2.69 bits per heavy atom. The maximum absolute atomic E-state index is 13.1. The first-order chi connectivity index (χ1) is 12.6. The summed E-state index contributed by atoms with van der Waals surface area (Å²) in [6.07, 6.45) is 6.85. The highest BCUT2D eigenvalue weighted by Gasteiger charge is 2.42. The van der Waals surface area contributed by atoms with Crippen molar-refractivity contribution in [2.45, 2.75) is 37.8 Å². The Hall–Kier alpha value is -2.18. The molecule has 0 aliphatic carbocycles. The van der Waals surface area contributed by atoms with Gasteiger partial charge in [0.25, 0.3) is 5.91 Å². The third-order valence-corrected chi connectivity index (χ3v) is 4.71. The first-order valence-electron chi connectivity index (χ1n) is 8.78. The molecule has 138 valence electrons. The van der Waals surface area contributed by atoms with Crippen molar-refractivity contribution < 1.29 is 9.53 Å². The van der Waals surface area contributed by atoms with Gasteiger partial charge < -0.3 is 15.4 Å². The second kappa shape index (κ2) is 8.47. The second-order valence-electron chi connectivity index (χ2n) is 6.58. The van der Waals surface area contributed by atoms with Crippen molar-refractivity contribution in [3.8, 4) is 5.75 Å². The molecule has 1 atom stereocenters. The van der Waals surface area contributed by atoms with E-state index in [1.54, 1.807) is 42.9 Å². The molecule has 2 aromatic rings. The number of hydrogen-bond acceptors (Lipinski definition) is 5. The number of benzene rings is 1. The molecule has 1 aliphatic heterocycles. The summed E-state index contributed by atoms with van der Waals surface area (Å²) in [6, 6.07) is 7.05. The molecule has 3 rings (SSSR count). The number of carbonyl (C=O) groups excluding carboxylic acids is 1. The van der Waals surface area contributed by atoms with Crippen LogP contribution in [0.4, 0.5) is 0 Å². The number of nitrogens with zero attached hydrogens (tertiary/aromatic N) is 2. The third-order valence-electron chi connectivity index (χ3n) is 4.46. The Bertz CT molecular complexity index is 718. The van der Waals surface area contributed by atoms with Crippen LogP contribution in [0.1, 0.15) is 25.5 Å². The second-order valence-corrected chi connectivity index (χ2v) is 7.01. The van der Waals surface area contributed by atoms with Gasteiger partial charge in [0.1, 0.15) is 5.75 Å². The van der Waals surface area contributed by atoms with E-state index in [4.69, 9.17) is 16.3 Å². The van der Waals surface area contributed by atoms with E-state index in [1.807, 2.05) is 6.92 Å². The molecule has 0 unspecified atom stereocenters. The Balaban J connectivity index is 1.69. The predicted molar refractivity (Wildman–Crippen MR) is 100 cm³/mol. The summed E-state index contributed by atoms with van der Waals surface area (Å²) in [5, 5.41) is 7.01. The summed E-state index contributed by atoms with van der Waals surface area (Å²) in [4.78, 5) is 21.4. The Morgan fingerprint density at radius 1 is 1.31 bits per heavy atom. The molecule has 6 nitrogen and oxygen atoms in total. The molecule has 0 saturated carbocycles. The number of piperidine rings is 1. The summed E-state index contributed by atoms with van der Waals surface area (Å²) < 4.78 is 6.17. The molecule has 0 spiro atoms. The zero-order valence-corrected chi connectivity index (χ0v) is 15.5. The van der Waals surface area contributed by atoms with E-state index in [0.29, 0.717) is 30.0 Å². The Kier molecular flexibility index (Phi) is 6.06. The minimum atomic E-state index is -0.879. The van der Waals surface area contributed by atoms with Crippen molar-refractivity contribution in [2.75, 3.05) is 13.1 Å². The van der Waals surface area contributed by atoms with Gasteiger partial charge in [-0.05, 0) is 44.3 Å². The highest BCUT2D eigenvalue weighted by molar-refractivity contribution is 6.30. The van der Waals surface area contributed by atoms with Gasteiger partial charge in [0.05, 0.1) is 5.69 Å². The van der Waals surface area contributed by atoms with Crippen LogP contribution in [0, 0.1) is 0 Å². The lowest BCUT2D eigenvalue weighted by molar-refractivity contribution is -0.139. The molecule has 1 aromatic carbocycles. The van der Waals surface area contributed by atoms with Crippen molar-refractivity contribution in [2.24, 2.45) is 0 Å². The summed E-state index contributed by atoms with van der Waals surface area (Å²) in [5.74, 6) is 0.554. The van der Waals surface area contributed by atoms with E-state index in [2.05, 4.69) is 20.6 Å². The van der Waals surface area contributed by atoms with Gasteiger partial charge in [-0.15, -0.1) is 0 Å². The molecule has 1 aromatic heterocycles. The van der Waals surface area contributed by atoms with Crippen LogP contribution in [0.5, 0.6) is 5.75 Å². The number of ether oxygens (including phenoxy) is 1. The predicted octanol–water partition coefficient (Wildman–Crippen LogP) is 2.38. The first-order valence-corrected chi connectivity index (χ1v) is 9.16. The molecule has 1 aliphatic rings. The average molecular weight is 375 g/mol. The van der Waals surface area contributed by atoms with E-state index < -0.39 is 5.60 Å². The molecular formula is C19H23ClN4O2. The van der Waals surface area contributed by atoms with Crippen molar-refractivity contribution >= 4 is 17.5 Å². The fourth-order valence-electron chi connectivity index (χ4n) is 3.09. The number of aromatic nitrogens is 2. The fraction of sp³-hybridized carbons (Fsp3) is 0.421. The molecular weight excluding hydrogens is 352 g/mol. The molecule has 1 saturated heterocycles. The van der Waals surface area contributed by atoms with Gasteiger partial charge in [0, 0.05) is 48.9 Å². The maximum Gasteiger partial charge on any atom is 0.264 e. The summed E-state index contributed by atoms with van der Waals surface area (Å²) in [7, 11) is 0. The molecule has 1 amide bonds. The van der Waals surface area contributed by atoms with Gasteiger partial charge in [0.2, 0.25) is 0 Å². The Morgan fingerprint density at radius 2 is 2.04 bits per heavy atom. The van der Waals surface area contributed by atoms with Crippen molar-refractivity contribution in [3.63, 3.8) is 0 Å². The van der Waals surface area contributed by atoms with E-state index in [9.17, 15) is 4.79 Å². The average Bonchev–Trinajstić information content (AvgIpc) is 2.65. The van der Waals surface area contributed by atoms with Crippen LogP contribution in [0.25, 0.3) is 0 Å². The van der Waals surface area contributed by atoms with E-state index in [1.165, 1.54) is 0 Å². The van der Waals surface area contributed by atoms with Gasteiger partial charge in [-0.2, -0.15) is 0 Å². The van der Waals surface area contributed by atoms with Gasteiger partial charge >= 0.3 is 0 Å². The number of carbonyl (C=O) groups is 1. The number of hydrogen-bond donors (Lipinski definition) is 2. The molecule has 26 heavy (non-hydrogen) atoms. The van der Waals surface area contributed by atoms with Crippen LogP contribution in [0.3, 0.4) is 0 Å². The minimum absolute atomic E-state index is 0.0696. The lowest BCUT2D eigenvalue weighted by Gasteiger charge is -2.37. The van der Waals surface area contributed by atoms with E-state index >= 15 is 0 Å². The molecule has 2 N–H and O–H groups in total. The van der Waals surface area contributed by atoms with Crippen LogP contribution in [-0.2, 0) is 11.2 Å². The third kappa shape index (κ3) is 4.71. The van der Waals surface area contributed by atoms with Crippen LogP contribution >= 0.6 is 11.6 Å². The van der Waals surface area contributed by atoms with E-state index in [-0.39, 0.29) is 11.9 Å². The molecule has 1 fully saturated rings. The standard InChI is InChI=1S/C19H23ClN4O2/c1-14(12-16-13-22-10-11-23-16)24-18(25)19(6-8-21-9-7-19)26-17-4-2-15(20)3-5-17/h2-5,10-11,13-14,21H,6-9,12H2,1H3,(H,24,25)/t14-/m1/s1. The highest BCUT2D eigenvalue weighted by Crippen LogP contribution is 2.28. The largest absolute Gasteiger partial charge is 0.477 e. The molecule has 0 bridgehead atoms. The maximum atomic E-state index is 13.1. The smallest absolute Gasteiger partial charge is 0.264 e. The summed E-state index contributed by atoms with van der Waals surface area (Å²) >= 11 is 5.94. The van der Waals surface area contributed by atoms with Crippen molar-refractivity contribution in [1.29, 1.82) is 0 Å². The molecule has 7 heteroatoms. The van der Waals surface area contributed by atoms with Crippen LogP contribution in [-0.4, -0.2) is 40.6 Å². The monoisotopic (exact) mass is 374 g/mol. The SMILES string of the molecule is C[C@H](Cc1cnccn1)NC(=O)C1(Oc2ccc(Cl)cc2)CCNCC1. The number of rotatable bonds is 6. The number of halogens is 1. The fourth-order valence-corrected chi connectivity index (χ4v) is 3.22. The quantitative estimate of drug-likeness (QED) is 0.811. The number of nitrogens with one attached hydrogen (secondary N) is 2. The highest BCUT2D eigenvalue weighted by atomic mass is 35.5. The topological polar surface area (TPSA) is 76.1 Å². The zero-order valence-electron chi connectivity index (χ0n) is 14.7. The van der Waals surface area contributed by atoms with Gasteiger partial charge in [-0.1, -0.05) is 11.6 Å². The normalized spacial score (nSPS) is 17.3. The van der Waals surface area contributed by atoms with Gasteiger partial charge in [-0.25, -0.2) is 0 Å².